The van der Waals surface area contributed by atoms with Gasteiger partial charge >= 0.3 is 0 Å². The van der Waals surface area contributed by atoms with Crippen molar-refractivity contribution in [2.75, 3.05) is 4.90 Å². The molecule has 3 aliphatic carbocycles. The van der Waals surface area contributed by atoms with Gasteiger partial charge in [-0.15, -0.1) is 0 Å². The molecule has 0 bridgehead atoms. The molecular weight excluding hydrogens is 819 g/mol. The lowest BCUT2D eigenvalue weighted by Crippen LogP contribution is -2.28. The van der Waals surface area contributed by atoms with Crippen molar-refractivity contribution in [1.29, 1.82) is 0 Å². The molecule has 0 N–H and O–H groups in total. The van der Waals surface area contributed by atoms with Gasteiger partial charge in [-0.05, 0) is 149 Å². The Balaban J connectivity index is 0.951. The summed E-state index contributed by atoms with van der Waals surface area (Å²) >= 11 is 0. The average Bonchev–Trinajstić information content (AvgIpc) is 3.91. The first-order chi connectivity index (χ1) is 33.2. The van der Waals surface area contributed by atoms with E-state index < -0.39 is 5.41 Å². The first-order valence-corrected chi connectivity index (χ1v) is 24.1. The van der Waals surface area contributed by atoms with E-state index in [1.807, 2.05) is 0 Å². The highest BCUT2D eigenvalue weighted by Gasteiger charge is 2.46. The summed E-state index contributed by atoms with van der Waals surface area (Å²) in [7, 11) is 0. The Kier molecular flexibility index (Phi) is 8.89. The Morgan fingerprint density at radius 3 is 1.06 bits per heavy atom. The predicted molar refractivity (Wildman–Crippen MR) is 284 cm³/mol. The lowest BCUT2D eigenvalue weighted by molar-refractivity contribution is 0.660. The molecule has 0 amide bonds. The Hall–Kier alpha value is -8.00. The molecule has 3 aliphatic rings. The first kappa shape index (κ1) is 40.3. The van der Waals surface area contributed by atoms with Crippen molar-refractivity contribution >= 4 is 17.1 Å². The fourth-order valence-electron chi connectivity index (χ4n) is 12.4. The van der Waals surface area contributed by atoms with E-state index >= 15 is 0 Å². The molecule has 0 spiro atoms. The monoisotopic (exact) mass is 869 g/mol. The molecule has 10 aromatic carbocycles. The van der Waals surface area contributed by atoms with Crippen LogP contribution in [0.2, 0.25) is 0 Å². The summed E-state index contributed by atoms with van der Waals surface area (Å²) in [6.07, 6.45) is 0. The van der Waals surface area contributed by atoms with Crippen molar-refractivity contribution in [3.63, 3.8) is 0 Å². The third-order valence-electron chi connectivity index (χ3n) is 15.8. The van der Waals surface area contributed by atoms with Crippen LogP contribution in [0.1, 0.15) is 72.2 Å². The Morgan fingerprint density at radius 2 is 0.588 bits per heavy atom. The topological polar surface area (TPSA) is 3.24 Å². The summed E-state index contributed by atoms with van der Waals surface area (Å²) in [5, 5.41) is 0. The number of benzene rings is 10. The van der Waals surface area contributed by atoms with Crippen molar-refractivity contribution in [2.45, 2.75) is 43.9 Å². The van der Waals surface area contributed by atoms with Crippen LogP contribution in [0.15, 0.2) is 237 Å². The smallest absolute Gasteiger partial charge is 0.0714 e. The zero-order chi connectivity index (χ0) is 45.8. The van der Waals surface area contributed by atoms with E-state index in [2.05, 4.69) is 269 Å². The van der Waals surface area contributed by atoms with Gasteiger partial charge in [-0.2, -0.15) is 0 Å². The van der Waals surface area contributed by atoms with Crippen LogP contribution in [0.25, 0.3) is 55.6 Å². The third-order valence-corrected chi connectivity index (χ3v) is 15.8. The number of nitrogens with zero attached hydrogens (tertiary/aromatic N) is 1. The Bertz CT molecular complexity index is 3400. The molecule has 0 heterocycles. The van der Waals surface area contributed by atoms with Gasteiger partial charge in [0.25, 0.3) is 0 Å². The predicted octanol–water partition coefficient (Wildman–Crippen LogP) is 17.5. The minimum atomic E-state index is -0.508. The van der Waals surface area contributed by atoms with Crippen LogP contribution in [0.3, 0.4) is 0 Å². The van der Waals surface area contributed by atoms with Gasteiger partial charge in [-0.25, -0.2) is 0 Å². The molecule has 0 saturated heterocycles. The van der Waals surface area contributed by atoms with E-state index in [1.54, 1.807) is 0 Å². The van der Waals surface area contributed by atoms with Crippen molar-refractivity contribution in [3.8, 4) is 55.6 Å². The third kappa shape index (κ3) is 5.82. The molecule has 0 fully saturated rings. The normalized spacial score (nSPS) is 14.8. The van der Waals surface area contributed by atoms with E-state index in [0.29, 0.717) is 0 Å². The zero-order valence-electron chi connectivity index (χ0n) is 39.0. The number of rotatable bonds is 7. The number of anilines is 3. The van der Waals surface area contributed by atoms with Crippen LogP contribution in [0.5, 0.6) is 0 Å². The molecule has 10 aromatic rings. The SMILES string of the molecule is CC1(C)c2ccccc2-c2ccc(-c3ccc(N(c4ccc(-c5ccc6c(c5)C(C)(C)c5ccccc5-6)cc4)c4ccc5c(c4)C(c4ccccc4)(c4ccccc4)c4ccccc4-5)cc3)cc21. The summed E-state index contributed by atoms with van der Waals surface area (Å²) < 4.78 is 0. The van der Waals surface area contributed by atoms with Crippen LogP contribution < -0.4 is 4.90 Å². The molecule has 13 rings (SSSR count). The summed E-state index contributed by atoms with van der Waals surface area (Å²) in [4.78, 5) is 2.45. The molecule has 68 heavy (non-hydrogen) atoms. The van der Waals surface area contributed by atoms with E-state index in [-0.39, 0.29) is 10.8 Å². The zero-order valence-corrected chi connectivity index (χ0v) is 39.0. The molecule has 0 unspecified atom stereocenters. The van der Waals surface area contributed by atoms with Crippen molar-refractivity contribution in [1.82, 2.24) is 0 Å². The maximum Gasteiger partial charge on any atom is 0.0714 e. The van der Waals surface area contributed by atoms with Crippen LogP contribution in [-0.4, -0.2) is 0 Å². The fraction of sp³-hybridized carbons (Fsp3) is 0.104. The van der Waals surface area contributed by atoms with E-state index in [0.717, 1.165) is 17.1 Å². The van der Waals surface area contributed by atoms with Gasteiger partial charge in [0.1, 0.15) is 0 Å². The Morgan fingerprint density at radius 1 is 0.250 bits per heavy atom. The van der Waals surface area contributed by atoms with Crippen LogP contribution >= 0.6 is 0 Å². The quantitative estimate of drug-likeness (QED) is 0.154. The maximum atomic E-state index is 2.47. The first-order valence-electron chi connectivity index (χ1n) is 24.1. The van der Waals surface area contributed by atoms with Gasteiger partial charge in [0.2, 0.25) is 0 Å². The van der Waals surface area contributed by atoms with Gasteiger partial charge < -0.3 is 4.90 Å². The van der Waals surface area contributed by atoms with Crippen molar-refractivity contribution in [3.05, 3.63) is 281 Å². The standard InChI is InChI=1S/C67H51N/c1-65(2)59-24-14-11-21-53(59)56-38-31-46(41-62(56)65)44-27-33-50(34-28-44)68(51-35-29-45(30-36-51)47-32-39-57-54-22-12-15-25-60(54)66(3,4)63(57)42-47)52-37-40-58-55-23-13-16-26-61(55)67(64(58)43-52,48-17-7-5-8-18-48)49-19-9-6-10-20-49/h5-43H,1-4H3. The molecule has 1 nitrogen and oxygen atoms in total. The van der Waals surface area contributed by atoms with Crippen LogP contribution in [0.4, 0.5) is 17.1 Å². The minimum Gasteiger partial charge on any atom is -0.310 e. The second-order valence-corrected chi connectivity index (χ2v) is 20.0. The van der Waals surface area contributed by atoms with Crippen LogP contribution in [0, 0.1) is 0 Å². The van der Waals surface area contributed by atoms with Gasteiger partial charge in [-0.1, -0.05) is 216 Å². The summed E-state index contributed by atoms with van der Waals surface area (Å²) in [6.45, 7) is 9.43. The van der Waals surface area contributed by atoms with E-state index in [1.165, 1.54) is 100 Å². The second-order valence-electron chi connectivity index (χ2n) is 20.0. The Labute approximate surface area is 400 Å². The second kappa shape index (κ2) is 15.0. The van der Waals surface area contributed by atoms with Crippen molar-refractivity contribution < 1.29 is 0 Å². The van der Waals surface area contributed by atoms with Gasteiger partial charge in [0.15, 0.2) is 0 Å². The highest BCUT2D eigenvalue weighted by atomic mass is 15.1. The number of hydrogen-bond acceptors (Lipinski definition) is 1. The molecule has 0 aliphatic heterocycles. The van der Waals surface area contributed by atoms with Crippen molar-refractivity contribution in [2.24, 2.45) is 0 Å². The van der Waals surface area contributed by atoms with Gasteiger partial charge in [0.05, 0.1) is 5.41 Å². The lowest BCUT2D eigenvalue weighted by Gasteiger charge is -2.35. The number of hydrogen-bond donors (Lipinski definition) is 0. The molecule has 1 heteroatoms. The molecular formula is C67H51N. The van der Waals surface area contributed by atoms with E-state index in [4.69, 9.17) is 0 Å². The highest BCUT2D eigenvalue weighted by molar-refractivity contribution is 5.91. The minimum absolute atomic E-state index is 0.0617. The van der Waals surface area contributed by atoms with Gasteiger partial charge in [-0.3, -0.25) is 0 Å². The average molecular weight is 870 g/mol. The molecule has 0 aromatic heterocycles. The van der Waals surface area contributed by atoms with Crippen LogP contribution in [-0.2, 0) is 16.2 Å². The largest absolute Gasteiger partial charge is 0.310 e. The lowest BCUT2D eigenvalue weighted by atomic mass is 9.67. The molecule has 0 atom stereocenters. The number of fused-ring (bicyclic) bond motifs is 9. The summed E-state index contributed by atoms with van der Waals surface area (Å²) in [5.74, 6) is 0. The summed E-state index contributed by atoms with van der Waals surface area (Å²) in [6, 6.07) is 88.7. The molecule has 0 radical (unpaired) electrons. The fourth-order valence-corrected chi connectivity index (χ4v) is 12.4. The van der Waals surface area contributed by atoms with Gasteiger partial charge in [0, 0.05) is 27.9 Å². The maximum absolute atomic E-state index is 2.47. The molecule has 324 valence electrons. The molecule has 0 saturated carbocycles. The van der Waals surface area contributed by atoms with E-state index in [9.17, 15) is 0 Å². The highest BCUT2D eigenvalue weighted by Crippen LogP contribution is 2.58. The summed E-state index contributed by atoms with van der Waals surface area (Å²) in [5.41, 5.74) is 26.2.